The second kappa shape index (κ2) is 5.79. The van der Waals surface area contributed by atoms with Crippen LogP contribution in [0.4, 0.5) is 0 Å². The summed E-state index contributed by atoms with van der Waals surface area (Å²) in [5, 5.41) is 2.91. The number of aryl methyl sites for hydroxylation is 1. The Bertz CT molecular complexity index is 762. The van der Waals surface area contributed by atoms with E-state index in [1.807, 2.05) is 66.2 Å². The molecule has 0 spiro atoms. The first-order valence-corrected chi connectivity index (χ1v) is 6.95. The van der Waals surface area contributed by atoms with Gasteiger partial charge in [0.1, 0.15) is 5.65 Å². The highest BCUT2D eigenvalue weighted by Gasteiger charge is 2.07. The van der Waals surface area contributed by atoms with Gasteiger partial charge in [-0.1, -0.05) is 30.3 Å². The zero-order valence-electron chi connectivity index (χ0n) is 11.9. The molecule has 0 atom stereocenters. The van der Waals surface area contributed by atoms with Gasteiger partial charge in [-0.05, 0) is 30.2 Å². The number of rotatable bonds is 4. The van der Waals surface area contributed by atoms with Crippen molar-refractivity contribution in [1.29, 1.82) is 0 Å². The van der Waals surface area contributed by atoms with Crippen molar-refractivity contribution in [1.82, 2.24) is 14.7 Å². The number of nitrogens with zero attached hydrogens (tertiary/aromatic N) is 2. The van der Waals surface area contributed by atoms with Gasteiger partial charge < -0.3 is 9.72 Å². The van der Waals surface area contributed by atoms with Gasteiger partial charge in [0.25, 0.3) is 0 Å². The minimum atomic E-state index is -0.0148. The zero-order chi connectivity index (χ0) is 14.7. The third-order valence-electron chi connectivity index (χ3n) is 3.34. The van der Waals surface area contributed by atoms with Crippen LogP contribution in [0.1, 0.15) is 16.8 Å². The number of nitrogens with one attached hydrogen (secondary N) is 1. The highest BCUT2D eigenvalue weighted by molar-refractivity contribution is 5.78. The number of hydrogen-bond acceptors (Lipinski definition) is 2. The molecule has 0 saturated heterocycles. The van der Waals surface area contributed by atoms with E-state index in [9.17, 15) is 4.79 Å². The van der Waals surface area contributed by atoms with Crippen molar-refractivity contribution < 1.29 is 4.79 Å². The maximum Gasteiger partial charge on any atom is 0.226 e. The summed E-state index contributed by atoms with van der Waals surface area (Å²) in [5.41, 5.74) is 3.91. The lowest BCUT2D eigenvalue weighted by molar-refractivity contribution is -0.120. The molecule has 0 aliphatic rings. The largest absolute Gasteiger partial charge is 0.352 e. The van der Waals surface area contributed by atoms with Gasteiger partial charge in [0, 0.05) is 18.9 Å². The number of fused-ring (bicyclic) bond motifs is 1. The van der Waals surface area contributed by atoms with Crippen molar-refractivity contribution in [2.75, 3.05) is 0 Å². The Hall–Kier alpha value is -2.62. The molecular weight excluding hydrogens is 262 g/mol. The maximum absolute atomic E-state index is 12.0. The SMILES string of the molecule is Cc1ccn2cc(CC(=O)NCc3ccccc3)nc2c1. The summed E-state index contributed by atoms with van der Waals surface area (Å²) in [6.45, 7) is 2.58. The smallest absolute Gasteiger partial charge is 0.226 e. The van der Waals surface area contributed by atoms with Crippen LogP contribution in [0.5, 0.6) is 0 Å². The Labute approximate surface area is 123 Å². The van der Waals surface area contributed by atoms with Crippen LogP contribution in [0.15, 0.2) is 54.9 Å². The fourth-order valence-electron chi connectivity index (χ4n) is 2.24. The van der Waals surface area contributed by atoms with Crippen LogP contribution in [0.2, 0.25) is 0 Å². The number of amides is 1. The van der Waals surface area contributed by atoms with Crippen LogP contribution < -0.4 is 5.32 Å². The molecule has 3 aromatic rings. The number of aromatic nitrogens is 2. The van der Waals surface area contributed by atoms with E-state index in [-0.39, 0.29) is 5.91 Å². The molecule has 0 radical (unpaired) electrons. The van der Waals surface area contributed by atoms with Crippen LogP contribution in [0.25, 0.3) is 5.65 Å². The second-order valence-corrected chi connectivity index (χ2v) is 5.14. The van der Waals surface area contributed by atoms with E-state index in [4.69, 9.17) is 0 Å². The fraction of sp³-hybridized carbons (Fsp3) is 0.176. The molecule has 1 N–H and O–H groups in total. The summed E-state index contributed by atoms with van der Waals surface area (Å²) in [5.74, 6) is -0.0148. The molecule has 0 aliphatic carbocycles. The Balaban J connectivity index is 1.63. The van der Waals surface area contributed by atoms with E-state index in [1.54, 1.807) is 0 Å². The van der Waals surface area contributed by atoms with Crippen LogP contribution in [0.3, 0.4) is 0 Å². The summed E-state index contributed by atoms with van der Waals surface area (Å²) in [7, 11) is 0. The first-order valence-electron chi connectivity index (χ1n) is 6.95. The standard InChI is InChI=1S/C17H17N3O/c1-13-7-8-20-12-15(19-16(20)9-13)10-17(21)18-11-14-5-3-2-4-6-14/h2-9,12H,10-11H2,1H3,(H,18,21). The molecule has 2 heterocycles. The van der Waals surface area contributed by atoms with Gasteiger partial charge in [-0.3, -0.25) is 4.79 Å². The normalized spacial score (nSPS) is 10.7. The summed E-state index contributed by atoms with van der Waals surface area (Å²) in [6.07, 6.45) is 4.16. The van der Waals surface area contributed by atoms with Gasteiger partial charge in [0.15, 0.2) is 0 Å². The molecule has 2 aromatic heterocycles. The van der Waals surface area contributed by atoms with Crippen LogP contribution >= 0.6 is 0 Å². The summed E-state index contributed by atoms with van der Waals surface area (Å²) < 4.78 is 1.94. The van der Waals surface area contributed by atoms with Crippen molar-refractivity contribution in [3.8, 4) is 0 Å². The predicted octanol–water partition coefficient (Wildman–Crippen LogP) is 2.50. The number of pyridine rings is 1. The van der Waals surface area contributed by atoms with Gasteiger partial charge in [-0.25, -0.2) is 4.98 Å². The van der Waals surface area contributed by atoms with E-state index in [2.05, 4.69) is 10.3 Å². The minimum Gasteiger partial charge on any atom is -0.352 e. The number of hydrogen-bond donors (Lipinski definition) is 1. The molecule has 0 fully saturated rings. The van der Waals surface area contributed by atoms with E-state index in [0.717, 1.165) is 22.5 Å². The van der Waals surface area contributed by atoms with Crippen molar-refractivity contribution in [2.24, 2.45) is 0 Å². The molecule has 0 bridgehead atoms. The molecule has 0 saturated carbocycles. The van der Waals surface area contributed by atoms with Crippen molar-refractivity contribution in [3.05, 3.63) is 71.7 Å². The summed E-state index contributed by atoms with van der Waals surface area (Å²) >= 11 is 0. The Morgan fingerprint density at radius 2 is 2.05 bits per heavy atom. The van der Waals surface area contributed by atoms with Crippen molar-refractivity contribution in [2.45, 2.75) is 19.9 Å². The molecule has 1 amide bonds. The lowest BCUT2D eigenvalue weighted by Crippen LogP contribution is -2.24. The average Bonchev–Trinajstić information content (AvgIpc) is 2.87. The Morgan fingerprint density at radius 1 is 1.24 bits per heavy atom. The van der Waals surface area contributed by atoms with E-state index in [0.29, 0.717) is 13.0 Å². The predicted molar refractivity (Wildman–Crippen MR) is 81.9 cm³/mol. The van der Waals surface area contributed by atoms with Gasteiger partial charge >= 0.3 is 0 Å². The molecule has 4 nitrogen and oxygen atoms in total. The summed E-state index contributed by atoms with van der Waals surface area (Å²) in [6, 6.07) is 13.9. The second-order valence-electron chi connectivity index (χ2n) is 5.14. The van der Waals surface area contributed by atoms with Gasteiger partial charge in [-0.15, -0.1) is 0 Å². The zero-order valence-corrected chi connectivity index (χ0v) is 11.9. The third-order valence-corrected chi connectivity index (χ3v) is 3.34. The number of imidazole rings is 1. The molecule has 106 valence electrons. The third kappa shape index (κ3) is 3.28. The summed E-state index contributed by atoms with van der Waals surface area (Å²) in [4.78, 5) is 16.4. The molecule has 0 unspecified atom stereocenters. The Kier molecular flexibility index (Phi) is 3.69. The number of carbonyl (C=O) groups is 1. The first-order chi connectivity index (χ1) is 10.2. The lowest BCUT2D eigenvalue weighted by atomic mass is 10.2. The van der Waals surface area contributed by atoms with Gasteiger partial charge in [0.2, 0.25) is 5.91 Å². The van der Waals surface area contributed by atoms with Gasteiger partial charge in [0.05, 0.1) is 12.1 Å². The van der Waals surface area contributed by atoms with Crippen LogP contribution in [0, 0.1) is 6.92 Å². The average molecular weight is 279 g/mol. The van der Waals surface area contributed by atoms with Crippen molar-refractivity contribution >= 4 is 11.6 Å². The minimum absolute atomic E-state index is 0.0148. The topological polar surface area (TPSA) is 46.4 Å². The van der Waals surface area contributed by atoms with Gasteiger partial charge in [-0.2, -0.15) is 0 Å². The highest BCUT2D eigenvalue weighted by atomic mass is 16.1. The molecule has 4 heteroatoms. The fourth-order valence-corrected chi connectivity index (χ4v) is 2.24. The first kappa shape index (κ1) is 13.4. The van der Waals surface area contributed by atoms with E-state index < -0.39 is 0 Å². The number of carbonyl (C=O) groups excluding carboxylic acids is 1. The number of benzene rings is 1. The Morgan fingerprint density at radius 3 is 2.86 bits per heavy atom. The maximum atomic E-state index is 12.0. The monoisotopic (exact) mass is 279 g/mol. The van der Waals surface area contributed by atoms with E-state index in [1.165, 1.54) is 0 Å². The molecular formula is C17H17N3O. The highest BCUT2D eigenvalue weighted by Crippen LogP contribution is 2.08. The molecule has 3 rings (SSSR count). The van der Waals surface area contributed by atoms with Crippen LogP contribution in [-0.2, 0) is 17.8 Å². The van der Waals surface area contributed by atoms with Crippen molar-refractivity contribution in [3.63, 3.8) is 0 Å². The van der Waals surface area contributed by atoms with Crippen LogP contribution in [-0.4, -0.2) is 15.3 Å². The lowest BCUT2D eigenvalue weighted by Gasteiger charge is -2.03. The molecule has 0 aliphatic heterocycles. The quantitative estimate of drug-likeness (QED) is 0.797. The molecule has 21 heavy (non-hydrogen) atoms. The van der Waals surface area contributed by atoms with E-state index >= 15 is 0 Å². The molecule has 1 aromatic carbocycles.